The molecule has 0 spiro atoms. The highest BCUT2D eigenvalue weighted by molar-refractivity contribution is 5.84. The van der Waals surface area contributed by atoms with E-state index in [0.29, 0.717) is 17.8 Å². The summed E-state index contributed by atoms with van der Waals surface area (Å²) in [5.41, 5.74) is 8.91. The summed E-state index contributed by atoms with van der Waals surface area (Å²) in [5.74, 6) is 2.12. The van der Waals surface area contributed by atoms with Crippen molar-refractivity contribution in [1.29, 1.82) is 0 Å². The van der Waals surface area contributed by atoms with Crippen LogP contribution in [0.25, 0.3) is 0 Å². The van der Waals surface area contributed by atoms with Crippen LogP contribution in [-0.4, -0.2) is 0 Å². The molecule has 2 aromatic carbocycles. The van der Waals surface area contributed by atoms with Crippen molar-refractivity contribution in [3.63, 3.8) is 0 Å². The molecule has 2 heterocycles. The summed E-state index contributed by atoms with van der Waals surface area (Å²) < 4.78 is 0. The average molecular weight is 259 g/mol. The number of hydrogen-bond donors (Lipinski definition) is 0. The van der Waals surface area contributed by atoms with Gasteiger partial charge in [-0.3, -0.25) is 0 Å². The predicted molar refractivity (Wildman–Crippen MR) is 82.4 cm³/mol. The Labute approximate surface area is 119 Å². The molecule has 0 saturated heterocycles. The second-order valence-electron chi connectivity index (χ2n) is 6.42. The maximum atomic E-state index is 2.52. The van der Waals surface area contributed by atoms with E-state index in [1.54, 1.807) is 16.8 Å². The van der Waals surface area contributed by atoms with Gasteiger partial charge in [0.2, 0.25) is 0 Å². The molecule has 0 radical (unpaired) electrons. The Morgan fingerprint density at radius 1 is 0.750 bits per heavy atom. The third kappa shape index (κ3) is 1.07. The smallest absolute Gasteiger partial charge is 0.0493 e. The van der Waals surface area contributed by atoms with Gasteiger partial charge in [0.1, 0.15) is 0 Å². The lowest BCUT2D eigenvalue weighted by Gasteiger charge is -2.37. The third-order valence-electron chi connectivity index (χ3n) is 5.16. The van der Waals surface area contributed by atoms with E-state index in [-0.39, 0.29) is 0 Å². The molecule has 1 nitrogen and oxygen atoms in total. The molecule has 2 unspecified atom stereocenters. The Morgan fingerprint density at radius 2 is 1.25 bits per heavy atom. The first-order valence-corrected chi connectivity index (χ1v) is 7.44. The molecule has 0 aromatic heterocycles. The highest BCUT2D eigenvalue weighted by Crippen LogP contribution is 2.74. The molecular weight excluding hydrogens is 242 g/mol. The van der Waals surface area contributed by atoms with E-state index in [1.165, 1.54) is 16.9 Å². The minimum absolute atomic E-state index is 0.705. The van der Waals surface area contributed by atoms with Gasteiger partial charge < -0.3 is 4.90 Å². The molecular formula is C19H17N. The second-order valence-corrected chi connectivity index (χ2v) is 6.42. The summed E-state index contributed by atoms with van der Waals surface area (Å²) >= 11 is 0. The van der Waals surface area contributed by atoms with Crippen LogP contribution in [0, 0.1) is 5.92 Å². The van der Waals surface area contributed by atoms with Gasteiger partial charge in [0.05, 0.1) is 0 Å². The first kappa shape index (κ1) is 10.7. The van der Waals surface area contributed by atoms with E-state index in [1.807, 2.05) is 0 Å². The second kappa shape index (κ2) is 3.35. The fourth-order valence-electron chi connectivity index (χ4n) is 4.47. The van der Waals surface area contributed by atoms with E-state index in [0.717, 1.165) is 0 Å². The van der Waals surface area contributed by atoms with E-state index < -0.39 is 0 Å². The average Bonchev–Trinajstić information content (AvgIpc) is 3.23. The molecule has 3 aliphatic rings. The van der Waals surface area contributed by atoms with E-state index >= 15 is 0 Å². The highest BCUT2D eigenvalue weighted by atomic mass is 15.2. The van der Waals surface area contributed by atoms with E-state index in [4.69, 9.17) is 0 Å². The summed E-state index contributed by atoms with van der Waals surface area (Å²) in [7, 11) is 0. The molecule has 2 aliphatic heterocycles. The van der Waals surface area contributed by atoms with Crippen LogP contribution < -0.4 is 4.90 Å². The molecule has 2 bridgehead atoms. The zero-order valence-electron chi connectivity index (χ0n) is 11.8. The van der Waals surface area contributed by atoms with Crippen LogP contribution >= 0.6 is 0 Å². The molecule has 0 amide bonds. The maximum absolute atomic E-state index is 2.52. The monoisotopic (exact) mass is 259 g/mol. The van der Waals surface area contributed by atoms with Crippen molar-refractivity contribution in [2.75, 3.05) is 4.90 Å². The topological polar surface area (TPSA) is 3.24 Å². The van der Waals surface area contributed by atoms with Gasteiger partial charge in [0.15, 0.2) is 0 Å². The molecule has 1 heteroatoms. The largest absolute Gasteiger partial charge is 0.313 e. The Balaban J connectivity index is 1.91. The van der Waals surface area contributed by atoms with Crippen LogP contribution in [0.2, 0.25) is 0 Å². The summed E-state index contributed by atoms with van der Waals surface area (Å²) in [6.45, 7) is 4.52. The Kier molecular flexibility index (Phi) is 1.80. The van der Waals surface area contributed by atoms with Crippen molar-refractivity contribution in [2.45, 2.75) is 25.7 Å². The Hall–Kier alpha value is -2.02. The van der Waals surface area contributed by atoms with Crippen LogP contribution in [0.4, 0.5) is 11.4 Å². The van der Waals surface area contributed by atoms with Crippen LogP contribution in [0.15, 0.2) is 59.8 Å². The number of nitrogens with zero attached hydrogens (tertiary/aromatic N) is 1. The van der Waals surface area contributed by atoms with Crippen molar-refractivity contribution in [3.8, 4) is 0 Å². The molecule has 98 valence electrons. The normalized spacial score (nSPS) is 27.8. The van der Waals surface area contributed by atoms with Crippen LogP contribution in [0.1, 0.15) is 36.8 Å². The molecule has 2 atom stereocenters. The van der Waals surface area contributed by atoms with Crippen molar-refractivity contribution in [3.05, 3.63) is 70.9 Å². The van der Waals surface area contributed by atoms with Gasteiger partial charge in [-0.05, 0) is 37.1 Å². The van der Waals surface area contributed by atoms with Gasteiger partial charge in [0.25, 0.3) is 0 Å². The lowest BCUT2D eigenvalue weighted by molar-refractivity contribution is 0.809. The lowest BCUT2D eigenvalue weighted by atomic mass is 9.94. The first-order valence-electron chi connectivity index (χ1n) is 7.44. The number of benzene rings is 2. The Bertz CT molecular complexity index is 713. The molecule has 1 aliphatic carbocycles. The van der Waals surface area contributed by atoms with Crippen molar-refractivity contribution < 1.29 is 0 Å². The quantitative estimate of drug-likeness (QED) is 0.647. The van der Waals surface area contributed by atoms with Gasteiger partial charge in [-0.2, -0.15) is 0 Å². The molecule has 1 saturated carbocycles. The fourth-order valence-corrected chi connectivity index (χ4v) is 4.47. The zero-order chi connectivity index (χ0) is 13.4. The lowest BCUT2D eigenvalue weighted by Crippen LogP contribution is -2.26. The van der Waals surface area contributed by atoms with Crippen molar-refractivity contribution in [1.82, 2.24) is 0 Å². The third-order valence-corrected chi connectivity index (χ3v) is 5.16. The number of anilines is 2. The minimum atomic E-state index is 0.705. The zero-order valence-corrected chi connectivity index (χ0v) is 11.8. The molecule has 0 N–H and O–H groups in total. The standard InChI is InChI=1S/C19H17N/c1-11(2)19-18-16-12-7-3-5-9-14(12)20(19)15-10-6-4-8-13(15)17(16)18/h3-10,16-18H,1-2H3. The van der Waals surface area contributed by atoms with Crippen LogP contribution in [0.5, 0.6) is 0 Å². The van der Waals surface area contributed by atoms with E-state index in [2.05, 4.69) is 67.3 Å². The first-order chi connectivity index (χ1) is 9.79. The van der Waals surface area contributed by atoms with Gasteiger partial charge in [-0.25, -0.2) is 0 Å². The van der Waals surface area contributed by atoms with Crippen LogP contribution in [0.3, 0.4) is 0 Å². The van der Waals surface area contributed by atoms with Gasteiger partial charge in [-0.1, -0.05) is 42.0 Å². The van der Waals surface area contributed by atoms with Crippen LogP contribution in [-0.2, 0) is 0 Å². The maximum Gasteiger partial charge on any atom is 0.0493 e. The number of para-hydroxylation sites is 2. The fraction of sp³-hybridized carbons (Fsp3) is 0.263. The number of rotatable bonds is 0. The summed E-state index contributed by atoms with van der Waals surface area (Å²) in [5, 5.41) is 0. The molecule has 5 rings (SSSR count). The predicted octanol–water partition coefficient (Wildman–Crippen LogP) is 4.94. The minimum Gasteiger partial charge on any atom is -0.313 e. The summed E-state index contributed by atoms with van der Waals surface area (Å²) in [6.07, 6.45) is 0. The van der Waals surface area contributed by atoms with Gasteiger partial charge >= 0.3 is 0 Å². The Morgan fingerprint density at radius 3 is 1.75 bits per heavy atom. The summed E-state index contributed by atoms with van der Waals surface area (Å²) in [4.78, 5) is 2.52. The van der Waals surface area contributed by atoms with Crippen molar-refractivity contribution in [2.24, 2.45) is 5.92 Å². The van der Waals surface area contributed by atoms with E-state index in [9.17, 15) is 0 Å². The molecule has 1 fully saturated rings. The number of hydrogen-bond acceptors (Lipinski definition) is 1. The van der Waals surface area contributed by atoms with Gasteiger partial charge in [0, 0.05) is 34.8 Å². The SMILES string of the molecule is CC(C)=C1C2C3c4ccccc4N1c1ccccc1C23. The number of fused-ring (bicyclic) bond motifs is 8. The van der Waals surface area contributed by atoms with Gasteiger partial charge in [-0.15, -0.1) is 0 Å². The summed E-state index contributed by atoms with van der Waals surface area (Å²) in [6, 6.07) is 17.9. The number of allylic oxidation sites excluding steroid dienone is 2. The molecule has 2 aromatic rings. The highest BCUT2D eigenvalue weighted by Gasteiger charge is 2.62. The van der Waals surface area contributed by atoms with Crippen molar-refractivity contribution >= 4 is 11.4 Å². The molecule has 20 heavy (non-hydrogen) atoms.